The first-order valence-electron chi connectivity index (χ1n) is 7.43. The number of sulfonamides is 1. The zero-order valence-corrected chi connectivity index (χ0v) is 15.2. The van der Waals surface area contributed by atoms with Crippen molar-refractivity contribution < 1.29 is 8.42 Å². The van der Waals surface area contributed by atoms with Crippen LogP contribution in [0.1, 0.15) is 5.56 Å². The molecule has 4 aromatic rings. The Morgan fingerprint density at radius 1 is 1.40 bits per heavy atom. The van der Waals surface area contributed by atoms with Gasteiger partial charge < -0.3 is 10.7 Å². The highest BCUT2D eigenvalue weighted by Gasteiger charge is 2.25. The number of rotatable bonds is 5. The number of nitrogens with two attached hydrogens (primary N) is 1. The molecule has 7 nitrogen and oxygen atoms in total. The van der Waals surface area contributed by atoms with E-state index in [1.165, 1.54) is 15.7 Å². The molecule has 3 aromatic heterocycles. The molecule has 10 heteroatoms. The molecular weight excluding hydrogens is 382 g/mol. The topological polar surface area (TPSA) is 105 Å². The maximum atomic E-state index is 12.8. The molecule has 0 amide bonds. The Hall–Kier alpha value is -2.07. The van der Waals surface area contributed by atoms with Crippen LogP contribution in [0.25, 0.3) is 15.9 Å². The lowest BCUT2D eigenvalue weighted by molar-refractivity contribution is 0.597. The van der Waals surface area contributed by atoms with E-state index in [1.54, 1.807) is 23.7 Å². The smallest absolute Gasteiger partial charge is 0.281 e. The van der Waals surface area contributed by atoms with Gasteiger partial charge in [-0.3, -0.25) is 9.12 Å². The number of hydrogen-bond acceptors (Lipinski definition) is 5. The number of nitrogens with one attached hydrogen (secondary N) is 2. The summed E-state index contributed by atoms with van der Waals surface area (Å²) < 4.78 is 29.6. The van der Waals surface area contributed by atoms with Crippen molar-refractivity contribution in [2.45, 2.75) is 11.4 Å². The normalized spacial score (nSPS) is 12.2. The second-order valence-electron chi connectivity index (χ2n) is 5.48. The van der Waals surface area contributed by atoms with Gasteiger partial charge in [-0.05, 0) is 36.7 Å². The van der Waals surface area contributed by atoms with Crippen molar-refractivity contribution in [1.82, 2.24) is 14.4 Å². The van der Waals surface area contributed by atoms with Gasteiger partial charge >= 0.3 is 0 Å². The van der Waals surface area contributed by atoms with Gasteiger partial charge in [-0.2, -0.15) is 8.42 Å². The minimum absolute atomic E-state index is 0.0501. The van der Waals surface area contributed by atoms with Gasteiger partial charge in [0.15, 0.2) is 15.1 Å². The van der Waals surface area contributed by atoms with Crippen LogP contribution < -0.4 is 10.5 Å². The molecule has 0 aliphatic heterocycles. The summed E-state index contributed by atoms with van der Waals surface area (Å²) in [5.41, 5.74) is 8.04. The largest absolute Gasteiger partial charge is 0.361 e. The van der Waals surface area contributed by atoms with Crippen LogP contribution >= 0.6 is 22.9 Å². The van der Waals surface area contributed by atoms with Gasteiger partial charge in [0, 0.05) is 34.4 Å². The van der Waals surface area contributed by atoms with Crippen LogP contribution in [0.3, 0.4) is 0 Å². The molecule has 4 rings (SSSR count). The standard InChI is InChI=1S/C15H14ClN5O2S2/c16-13-14(21-5-6-24-15(21)19-13)25(22,23)20-10-1-2-12-11(7-10)9(3-4-17)8-18-12/h1-2,5-8,18,20H,3-4,17H2. The third-order valence-corrected chi connectivity index (χ3v) is 6.40. The summed E-state index contributed by atoms with van der Waals surface area (Å²) in [6, 6.07) is 5.31. The summed E-state index contributed by atoms with van der Waals surface area (Å²) in [6.45, 7) is 0.518. The lowest BCUT2D eigenvalue weighted by Gasteiger charge is -2.08. The molecule has 4 N–H and O–H groups in total. The van der Waals surface area contributed by atoms with Crippen molar-refractivity contribution in [3.05, 3.63) is 46.7 Å². The first-order valence-corrected chi connectivity index (χ1v) is 10.2. The van der Waals surface area contributed by atoms with Crippen LogP contribution in [0, 0.1) is 0 Å². The van der Waals surface area contributed by atoms with Crippen LogP contribution in [0.4, 0.5) is 5.69 Å². The van der Waals surface area contributed by atoms with Crippen molar-refractivity contribution in [3.63, 3.8) is 0 Å². The molecule has 0 radical (unpaired) electrons. The van der Waals surface area contributed by atoms with Gasteiger partial charge in [0.05, 0.1) is 0 Å². The maximum Gasteiger partial charge on any atom is 0.281 e. The lowest BCUT2D eigenvalue weighted by Crippen LogP contribution is -2.15. The van der Waals surface area contributed by atoms with Crippen LogP contribution in [-0.2, 0) is 16.4 Å². The highest BCUT2D eigenvalue weighted by atomic mass is 35.5. The SMILES string of the molecule is NCCc1c[nH]c2ccc(NS(=O)(=O)c3c(Cl)nc4sccn34)cc12. The second kappa shape index (κ2) is 6.03. The zero-order valence-electron chi connectivity index (χ0n) is 12.9. The summed E-state index contributed by atoms with van der Waals surface area (Å²) in [5.74, 6) is 0. The molecule has 0 bridgehead atoms. The minimum atomic E-state index is -3.88. The Kier molecular flexibility index (Phi) is 3.95. The number of hydrogen-bond donors (Lipinski definition) is 3. The van der Waals surface area contributed by atoms with E-state index in [1.807, 2.05) is 12.3 Å². The maximum absolute atomic E-state index is 12.8. The average Bonchev–Trinajstić information content (AvgIpc) is 3.21. The van der Waals surface area contributed by atoms with Crippen LogP contribution in [-0.4, -0.2) is 29.3 Å². The number of imidazole rings is 1. The van der Waals surface area contributed by atoms with Gasteiger partial charge in [-0.15, -0.1) is 11.3 Å². The van der Waals surface area contributed by atoms with Gasteiger partial charge in [0.2, 0.25) is 0 Å². The van der Waals surface area contributed by atoms with Crippen LogP contribution in [0.15, 0.2) is 41.0 Å². The summed E-state index contributed by atoms with van der Waals surface area (Å²) in [6.07, 6.45) is 4.22. The third-order valence-electron chi connectivity index (χ3n) is 3.87. The number of aromatic nitrogens is 3. The van der Waals surface area contributed by atoms with Gasteiger partial charge in [-0.1, -0.05) is 11.6 Å². The van der Waals surface area contributed by atoms with E-state index >= 15 is 0 Å². The molecule has 0 saturated heterocycles. The molecule has 0 spiro atoms. The van der Waals surface area contributed by atoms with Crippen LogP contribution in [0.2, 0.25) is 5.15 Å². The van der Waals surface area contributed by atoms with E-state index in [-0.39, 0.29) is 10.2 Å². The minimum Gasteiger partial charge on any atom is -0.361 e. The van der Waals surface area contributed by atoms with Crippen molar-refractivity contribution in [3.8, 4) is 0 Å². The van der Waals surface area contributed by atoms with Crippen molar-refractivity contribution in [1.29, 1.82) is 0 Å². The van der Waals surface area contributed by atoms with Crippen molar-refractivity contribution in [2.24, 2.45) is 5.73 Å². The Bertz CT molecular complexity index is 1180. The molecule has 3 heterocycles. The number of nitrogens with zero attached hydrogens (tertiary/aromatic N) is 2. The lowest BCUT2D eigenvalue weighted by atomic mass is 10.1. The Balaban J connectivity index is 1.76. The van der Waals surface area contributed by atoms with E-state index in [0.29, 0.717) is 23.6 Å². The predicted octanol–water partition coefficient (Wildman–Crippen LogP) is 2.83. The van der Waals surface area contributed by atoms with E-state index in [9.17, 15) is 8.42 Å². The molecule has 0 aliphatic carbocycles. The van der Waals surface area contributed by atoms with Gasteiger partial charge in [0.25, 0.3) is 10.0 Å². The number of fused-ring (bicyclic) bond motifs is 2. The van der Waals surface area contributed by atoms with Crippen molar-refractivity contribution >= 4 is 54.5 Å². The fraction of sp³-hybridized carbons (Fsp3) is 0.133. The number of halogens is 1. The summed E-state index contributed by atoms with van der Waals surface area (Å²) >= 11 is 7.35. The summed E-state index contributed by atoms with van der Waals surface area (Å²) in [7, 11) is -3.88. The molecule has 0 saturated carbocycles. The molecule has 0 aliphatic rings. The first-order chi connectivity index (χ1) is 12.0. The average molecular weight is 396 g/mol. The van der Waals surface area contributed by atoms with Crippen LogP contribution in [0.5, 0.6) is 0 Å². The van der Waals surface area contributed by atoms with Gasteiger partial charge in [-0.25, -0.2) is 4.98 Å². The summed E-state index contributed by atoms with van der Waals surface area (Å²) in [5, 5.41) is 2.57. The molecule has 130 valence electrons. The highest BCUT2D eigenvalue weighted by Crippen LogP contribution is 2.28. The fourth-order valence-corrected chi connectivity index (χ4v) is 5.29. The molecule has 25 heavy (non-hydrogen) atoms. The van der Waals surface area contributed by atoms with Crippen molar-refractivity contribution in [2.75, 3.05) is 11.3 Å². The summed E-state index contributed by atoms with van der Waals surface area (Å²) in [4.78, 5) is 7.75. The first kappa shape index (κ1) is 16.4. The molecule has 0 fully saturated rings. The fourth-order valence-electron chi connectivity index (χ4n) is 2.79. The quantitative estimate of drug-likeness (QED) is 0.483. The van der Waals surface area contributed by atoms with E-state index < -0.39 is 10.0 Å². The number of anilines is 1. The number of H-pyrrole nitrogens is 1. The zero-order chi connectivity index (χ0) is 17.6. The molecule has 1 aromatic carbocycles. The van der Waals surface area contributed by atoms with E-state index in [4.69, 9.17) is 17.3 Å². The predicted molar refractivity (Wildman–Crippen MR) is 99.9 cm³/mol. The van der Waals surface area contributed by atoms with E-state index in [2.05, 4.69) is 14.7 Å². The Morgan fingerprint density at radius 3 is 3.04 bits per heavy atom. The Morgan fingerprint density at radius 2 is 2.24 bits per heavy atom. The van der Waals surface area contributed by atoms with Gasteiger partial charge in [0.1, 0.15) is 0 Å². The molecule has 0 unspecified atom stereocenters. The highest BCUT2D eigenvalue weighted by molar-refractivity contribution is 7.92. The number of benzene rings is 1. The second-order valence-corrected chi connectivity index (χ2v) is 8.31. The molecule has 0 atom stereocenters. The monoisotopic (exact) mass is 395 g/mol. The van der Waals surface area contributed by atoms with E-state index in [0.717, 1.165) is 16.5 Å². The third kappa shape index (κ3) is 2.78. The number of thiazole rings is 1. The number of aromatic amines is 1. The molecular formula is C15H14ClN5O2S2. The Labute approximate surface area is 152 Å².